The van der Waals surface area contributed by atoms with Gasteiger partial charge >= 0.3 is 0 Å². The Morgan fingerprint density at radius 3 is 2.41 bits per heavy atom. The number of hydrogen-bond donors (Lipinski definition) is 2. The number of fused-ring (bicyclic) bond motifs is 1. The first-order chi connectivity index (χ1) is 18.0. The molecule has 2 unspecified atom stereocenters. The zero-order chi connectivity index (χ0) is 25.9. The van der Waals surface area contributed by atoms with E-state index < -0.39 is 0 Å². The molecule has 7 heteroatoms. The van der Waals surface area contributed by atoms with Crippen LogP contribution in [0.2, 0.25) is 0 Å². The van der Waals surface area contributed by atoms with Gasteiger partial charge in [-0.3, -0.25) is 4.79 Å². The Morgan fingerprint density at radius 1 is 0.946 bits per heavy atom. The summed E-state index contributed by atoms with van der Waals surface area (Å²) in [6, 6.07) is 19.8. The third-order valence-corrected chi connectivity index (χ3v) is 7.51. The summed E-state index contributed by atoms with van der Waals surface area (Å²) in [5.74, 6) is 2.29. The van der Waals surface area contributed by atoms with Crippen molar-refractivity contribution in [3.8, 4) is 17.2 Å². The first kappa shape index (κ1) is 25.2. The fraction of sp³-hybridized carbons (Fsp3) is 0.300. The first-order valence-corrected chi connectivity index (χ1v) is 13.3. The van der Waals surface area contributed by atoms with Gasteiger partial charge in [-0.05, 0) is 82.2 Å². The van der Waals surface area contributed by atoms with E-state index in [9.17, 15) is 4.79 Å². The van der Waals surface area contributed by atoms with Crippen LogP contribution >= 0.6 is 15.9 Å². The number of allylic oxidation sites excluding steroid dienone is 1. The van der Waals surface area contributed by atoms with E-state index in [1.165, 1.54) is 0 Å². The van der Waals surface area contributed by atoms with Crippen LogP contribution in [0.5, 0.6) is 17.2 Å². The van der Waals surface area contributed by atoms with Crippen LogP contribution in [0.15, 0.2) is 76.4 Å². The monoisotopic (exact) mass is 562 g/mol. The van der Waals surface area contributed by atoms with E-state index in [2.05, 4.69) is 45.6 Å². The van der Waals surface area contributed by atoms with E-state index in [4.69, 9.17) is 14.2 Å². The number of Topliss-reactive ketones (excluding diaryl/α,β-unsaturated/α-hetero) is 1. The number of rotatable bonds is 7. The van der Waals surface area contributed by atoms with Crippen molar-refractivity contribution in [2.75, 3.05) is 31.5 Å². The van der Waals surface area contributed by atoms with Gasteiger partial charge in [0.25, 0.3) is 0 Å². The van der Waals surface area contributed by atoms with Gasteiger partial charge in [0.05, 0.1) is 42.7 Å². The van der Waals surface area contributed by atoms with Crippen molar-refractivity contribution in [2.24, 2.45) is 0 Å². The SMILES string of the molecule is CCCOc1ccc(C2CC(=O)C3=C(C2)Nc2ccccc2NC3c2cc(Br)c(OC)c(OC)c2)cc1. The van der Waals surface area contributed by atoms with Gasteiger partial charge in [-0.2, -0.15) is 0 Å². The van der Waals surface area contributed by atoms with Crippen LogP contribution in [0.3, 0.4) is 0 Å². The molecule has 37 heavy (non-hydrogen) atoms. The predicted octanol–water partition coefficient (Wildman–Crippen LogP) is 7.23. The Bertz CT molecular complexity index is 1340. The third kappa shape index (κ3) is 5.05. The number of ether oxygens (including phenoxy) is 3. The molecule has 0 radical (unpaired) electrons. The fourth-order valence-corrected chi connectivity index (χ4v) is 5.76. The number of ketones is 1. The maximum atomic E-state index is 13.8. The van der Waals surface area contributed by atoms with Gasteiger partial charge in [0.2, 0.25) is 0 Å². The minimum atomic E-state index is -0.347. The highest BCUT2D eigenvalue weighted by Gasteiger charge is 2.36. The van der Waals surface area contributed by atoms with Crippen LogP contribution < -0.4 is 24.8 Å². The van der Waals surface area contributed by atoms with E-state index in [1.807, 2.05) is 48.5 Å². The summed E-state index contributed by atoms with van der Waals surface area (Å²) in [4.78, 5) is 13.8. The van der Waals surface area contributed by atoms with E-state index in [1.54, 1.807) is 14.2 Å². The molecule has 1 aliphatic carbocycles. The average Bonchev–Trinajstić information content (AvgIpc) is 3.08. The third-order valence-electron chi connectivity index (χ3n) is 6.92. The second-order valence-corrected chi connectivity index (χ2v) is 10.2. The molecule has 2 aliphatic rings. The number of para-hydroxylation sites is 2. The van der Waals surface area contributed by atoms with Crippen LogP contribution in [0.1, 0.15) is 49.3 Å². The minimum absolute atomic E-state index is 0.0852. The molecule has 0 amide bonds. The Morgan fingerprint density at radius 2 is 1.70 bits per heavy atom. The summed E-state index contributed by atoms with van der Waals surface area (Å²) in [5.41, 5.74) is 5.65. The quantitative estimate of drug-likeness (QED) is 0.316. The molecule has 0 saturated heterocycles. The van der Waals surface area contributed by atoms with Crippen molar-refractivity contribution in [3.05, 3.63) is 87.5 Å². The van der Waals surface area contributed by atoms with Crippen LogP contribution in [-0.2, 0) is 4.79 Å². The molecule has 192 valence electrons. The normalized spacial score (nSPS) is 18.6. The molecule has 1 heterocycles. The topological polar surface area (TPSA) is 68.8 Å². The van der Waals surface area contributed by atoms with Crippen molar-refractivity contribution in [2.45, 2.75) is 38.1 Å². The molecule has 0 aromatic heterocycles. The molecule has 0 saturated carbocycles. The minimum Gasteiger partial charge on any atom is -0.494 e. The number of methoxy groups -OCH3 is 2. The Labute approximate surface area is 226 Å². The number of carbonyl (C=O) groups excluding carboxylic acids is 1. The summed E-state index contributed by atoms with van der Waals surface area (Å²) in [5, 5.41) is 7.23. The van der Waals surface area contributed by atoms with E-state index in [0.717, 1.165) is 56.8 Å². The highest BCUT2D eigenvalue weighted by molar-refractivity contribution is 9.10. The predicted molar refractivity (Wildman–Crippen MR) is 150 cm³/mol. The Balaban J connectivity index is 1.55. The highest BCUT2D eigenvalue weighted by Crippen LogP contribution is 2.46. The van der Waals surface area contributed by atoms with Gasteiger partial charge in [-0.25, -0.2) is 0 Å². The number of hydrogen-bond acceptors (Lipinski definition) is 6. The molecular formula is C30H31BrN2O4. The van der Waals surface area contributed by atoms with Crippen molar-refractivity contribution >= 4 is 33.1 Å². The largest absolute Gasteiger partial charge is 0.494 e. The smallest absolute Gasteiger partial charge is 0.174 e. The molecule has 2 N–H and O–H groups in total. The Kier molecular flexibility index (Phi) is 7.42. The number of halogens is 1. The maximum absolute atomic E-state index is 13.8. The van der Waals surface area contributed by atoms with Crippen LogP contribution in [0, 0.1) is 0 Å². The summed E-state index contributed by atoms with van der Waals surface area (Å²) >= 11 is 3.62. The average molecular weight is 563 g/mol. The lowest BCUT2D eigenvalue weighted by atomic mass is 9.78. The summed E-state index contributed by atoms with van der Waals surface area (Å²) < 4.78 is 17.6. The zero-order valence-electron chi connectivity index (χ0n) is 21.3. The number of nitrogens with one attached hydrogen (secondary N) is 2. The second-order valence-electron chi connectivity index (χ2n) is 9.32. The van der Waals surface area contributed by atoms with Gasteiger partial charge in [0.15, 0.2) is 17.3 Å². The van der Waals surface area contributed by atoms with Gasteiger partial charge in [0, 0.05) is 17.7 Å². The van der Waals surface area contributed by atoms with E-state index in [-0.39, 0.29) is 17.7 Å². The van der Waals surface area contributed by atoms with Gasteiger partial charge in [0.1, 0.15) is 5.75 Å². The standard InChI is InChI=1S/C30H31BrN2O4/c1-4-13-37-21-11-9-18(10-12-21)19-15-25-28(26(34)16-19)29(33-24-8-6-5-7-23(24)32-25)20-14-22(31)30(36-3)27(17-20)35-2/h5-12,14,17,19,29,32-33H,4,13,15-16H2,1-3H3. The molecule has 3 aromatic rings. The van der Waals surface area contributed by atoms with Crippen LogP contribution in [-0.4, -0.2) is 26.6 Å². The molecule has 1 aliphatic heterocycles. The molecular weight excluding hydrogens is 532 g/mol. The summed E-state index contributed by atoms with van der Waals surface area (Å²) in [6.45, 7) is 2.79. The van der Waals surface area contributed by atoms with Crippen molar-refractivity contribution in [3.63, 3.8) is 0 Å². The highest BCUT2D eigenvalue weighted by atomic mass is 79.9. The Hall–Kier alpha value is -3.45. The van der Waals surface area contributed by atoms with Gasteiger partial charge < -0.3 is 24.8 Å². The number of benzene rings is 3. The van der Waals surface area contributed by atoms with Crippen LogP contribution in [0.4, 0.5) is 11.4 Å². The molecule has 3 aromatic carbocycles. The first-order valence-electron chi connectivity index (χ1n) is 12.5. The van der Waals surface area contributed by atoms with E-state index in [0.29, 0.717) is 24.5 Å². The van der Waals surface area contributed by atoms with Crippen molar-refractivity contribution in [1.82, 2.24) is 0 Å². The lowest BCUT2D eigenvalue weighted by molar-refractivity contribution is -0.116. The lowest BCUT2D eigenvalue weighted by Gasteiger charge is -2.30. The van der Waals surface area contributed by atoms with Crippen molar-refractivity contribution < 1.29 is 19.0 Å². The maximum Gasteiger partial charge on any atom is 0.174 e. The molecule has 6 nitrogen and oxygen atoms in total. The second kappa shape index (κ2) is 10.9. The molecule has 0 fully saturated rings. The van der Waals surface area contributed by atoms with Gasteiger partial charge in [-0.1, -0.05) is 31.2 Å². The zero-order valence-corrected chi connectivity index (χ0v) is 22.9. The van der Waals surface area contributed by atoms with Gasteiger partial charge in [-0.15, -0.1) is 0 Å². The summed E-state index contributed by atoms with van der Waals surface area (Å²) in [7, 11) is 3.23. The molecule has 5 rings (SSSR count). The molecule has 0 spiro atoms. The van der Waals surface area contributed by atoms with Crippen LogP contribution in [0.25, 0.3) is 0 Å². The molecule has 2 atom stereocenters. The summed E-state index contributed by atoms with van der Waals surface area (Å²) in [6.07, 6.45) is 2.14. The fourth-order valence-electron chi connectivity index (χ4n) is 5.14. The number of carbonyl (C=O) groups is 1. The lowest BCUT2D eigenvalue weighted by Crippen LogP contribution is -2.27. The number of anilines is 2. The van der Waals surface area contributed by atoms with E-state index >= 15 is 0 Å². The molecule has 0 bridgehead atoms. The van der Waals surface area contributed by atoms with Crippen molar-refractivity contribution in [1.29, 1.82) is 0 Å².